The fraction of sp³-hybridized carbons (Fsp3) is 1.00. The van der Waals surface area contributed by atoms with Crippen LogP contribution in [0.4, 0.5) is 0 Å². The monoisotopic (exact) mass is 354 g/mol. The van der Waals surface area contributed by atoms with Gasteiger partial charge in [-0.3, -0.25) is 0 Å². The van der Waals surface area contributed by atoms with Crippen LogP contribution in [0, 0.1) is 5.92 Å². The standard InChI is InChI=1S/2C8H17.C5H9O2.Al/c2*1-3-5-7-8-6-4-2;6-3-5-1-2-7-4-5;/h2*1,3-8H2,2H3;5H,1-4H2;/q;;-1;+1. The van der Waals surface area contributed by atoms with Crippen LogP contribution in [-0.2, 0) is 8.53 Å². The molecule has 1 fully saturated rings. The third-order valence-corrected chi connectivity index (χ3v) is 8.12. The van der Waals surface area contributed by atoms with E-state index in [9.17, 15) is 0 Å². The van der Waals surface area contributed by atoms with Gasteiger partial charge >= 0.3 is 14.5 Å². The Kier molecular flexibility index (Phi) is 15.8. The Hall–Kier alpha value is 0.452. The minimum absolute atomic E-state index is 0.689. The second-order valence-corrected chi connectivity index (χ2v) is 10.5. The van der Waals surface area contributed by atoms with Crippen molar-refractivity contribution in [3.8, 4) is 0 Å². The average Bonchev–Trinajstić information content (AvgIpc) is 3.11. The van der Waals surface area contributed by atoms with E-state index in [1.165, 1.54) is 94.0 Å². The first-order valence-electron chi connectivity index (χ1n) is 11.1. The first kappa shape index (κ1) is 22.5. The predicted molar refractivity (Wildman–Crippen MR) is 107 cm³/mol. The highest BCUT2D eigenvalue weighted by Crippen LogP contribution is 2.19. The SMILES string of the molecule is CCCCCCC[CH2][Al]([CH2]CCCCCCC)[O]CC1CCOC1. The fourth-order valence-corrected chi connectivity index (χ4v) is 6.26. The van der Waals surface area contributed by atoms with E-state index >= 15 is 0 Å². The molecule has 1 aliphatic rings. The van der Waals surface area contributed by atoms with Crippen LogP contribution >= 0.6 is 0 Å². The van der Waals surface area contributed by atoms with Gasteiger partial charge in [-0.15, -0.1) is 0 Å². The Balaban J connectivity index is 2.11. The van der Waals surface area contributed by atoms with Crippen molar-refractivity contribution in [1.29, 1.82) is 0 Å². The highest BCUT2D eigenvalue weighted by atomic mass is 27.2. The lowest BCUT2D eigenvalue weighted by molar-refractivity contribution is 0.166. The van der Waals surface area contributed by atoms with Gasteiger partial charge in [0.2, 0.25) is 0 Å². The van der Waals surface area contributed by atoms with Gasteiger partial charge in [-0.05, 0) is 6.42 Å². The van der Waals surface area contributed by atoms with Gasteiger partial charge in [0.1, 0.15) is 0 Å². The predicted octanol–water partition coefficient (Wildman–Crippen LogP) is 6.75. The summed E-state index contributed by atoms with van der Waals surface area (Å²) in [5.41, 5.74) is 0. The van der Waals surface area contributed by atoms with Crippen molar-refractivity contribution in [2.45, 2.75) is 108 Å². The lowest BCUT2D eigenvalue weighted by Gasteiger charge is -2.16. The molecular formula is C21H43AlO2. The van der Waals surface area contributed by atoms with E-state index < -0.39 is 14.5 Å². The molecule has 24 heavy (non-hydrogen) atoms. The van der Waals surface area contributed by atoms with Crippen LogP contribution < -0.4 is 0 Å². The normalized spacial score (nSPS) is 17.5. The first-order valence-corrected chi connectivity index (χ1v) is 13.2. The molecule has 0 aromatic carbocycles. The summed E-state index contributed by atoms with van der Waals surface area (Å²) in [4.78, 5) is 0. The topological polar surface area (TPSA) is 18.5 Å². The largest absolute Gasteiger partial charge is 0.500 e. The van der Waals surface area contributed by atoms with Gasteiger partial charge in [0.25, 0.3) is 0 Å². The Morgan fingerprint density at radius 3 is 1.83 bits per heavy atom. The van der Waals surface area contributed by atoms with Crippen molar-refractivity contribution >= 4 is 14.5 Å². The molecule has 1 rings (SSSR count). The van der Waals surface area contributed by atoms with Crippen molar-refractivity contribution in [3.05, 3.63) is 0 Å². The molecule has 1 atom stereocenters. The van der Waals surface area contributed by atoms with E-state index in [2.05, 4.69) is 13.8 Å². The molecule has 0 aliphatic carbocycles. The quantitative estimate of drug-likeness (QED) is 0.212. The van der Waals surface area contributed by atoms with Crippen LogP contribution in [0.15, 0.2) is 0 Å². The van der Waals surface area contributed by atoms with E-state index in [0.717, 1.165) is 19.8 Å². The van der Waals surface area contributed by atoms with Crippen molar-refractivity contribution in [2.24, 2.45) is 5.92 Å². The van der Waals surface area contributed by atoms with Gasteiger partial charge in [0.05, 0.1) is 6.61 Å². The second kappa shape index (κ2) is 16.9. The Morgan fingerprint density at radius 2 is 1.33 bits per heavy atom. The minimum Gasteiger partial charge on any atom is -0.500 e. The first-order chi connectivity index (χ1) is 11.9. The van der Waals surface area contributed by atoms with Crippen molar-refractivity contribution in [1.82, 2.24) is 0 Å². The van der Waals surface area contributed by atoms with Crippen LogP contribution in [0.3, 0.4) is 0 Å². The van der Waals surface area contributed by atoms with Gasteiger partial charge in [-0.2, -0.15) is 0 Å². The zero-order valence-electron chi connectivity index (χ0n) is 16.7. The molecule has 0 saturated carbocycles. The molecule has 0 amide bonds. The molecule has 1 aliphatic heterocycles. The van der Waals surface area contributed by atoms with Gasteiger partial charge in [0.15, 0.2) is 0 Å². The molecular weight excluding hydrogens is 311 g/mol. The average molecular weight is 355 g/mol. The maximum Gasteiger partial charge on any atom is 0.460 e. The van der Waals surface area contributed by atoms with Gasteiger partial charge < -0.3 is 8.53 Å². The fourth-order valence-electron chi connectivity index (χ4n) is 3.60. The summed E-state index contributed by atoms with van der Waals surface area (Å²) in [7, 11) is 0. The molecule has 2 nitrogen and oxygen atoms in total. The summed E-state index contributed by atoms with van der Waals surface area (Å²) >= 11 is -0.963. The molecule has 3 heteroatoms. The minimum atomic E-state index is -0.963. The van der Waals surface area contributed by atoms with Crippen molar-refractivity contribution < 1.29 is 8.53 Å². The molecule has 0 N–H and O–H groups in total. The van der Waals surface area contributed by atoms with E-state index in [-0.39, 0.29) is 0 Å². The van der Waals surface area contributed by atoms with Gasteiger partial charge in [-0.1, -0.05) is 101 Å². The lowest BCUT2D eigenvalue weighted by Crippen LogP contribution is -2.22. The van der Waals surface area contributed by atoms with Gasteiger partial charge in [-0.25, -0.2) is 0 Å². The maximum atomic E-state index is 6.44. The highest BCUT2D eigenvalue weighted by molar-refractivity contribution is 6.51. The summed E-state index contributed by atoms with van der Waals surface area (Å²) in [6.45, 7) is 7.47. The third kappa shape index (κ3) is 12.8. The smallest absolute Gasteiger partial charge is 0.460 e. The highest BCUT2D eigenvalue weighted by Gasteiger charge is 2.23. The van der Waals surface area contributed by atoms with Crippen molar-refractivity contribution in [3.63, 3.8) is 0 Å². The van der Waals surface area contributed by atoms with E-state index in [4.69, 9.17) is 8.53 Å². The second-order valence-electron chi connectivity index (χ2n) is 7.80. The summed E-state index contributed by atoms with van der Waals surface area (Å²) in [5.74, 6) is 0.689. The molecule has 142 valence electrons. The Labute approximate surface area is 156 Å². The summed E-state index contributed by atoms with van der Waals surface area (Å²) in [5, 5.41) is 2.82. The summed E-state index contributed by atoms with van der Waals surface area (Å²) in [6, 6.07) is 0. The zero-order valence-corrected chi connectivity index (χ0v) is 17.9. The van der Waals surface area contributed by atoms with Crippen molar-refractivity contribution in [2.75, 3.05) is 19.8 Å². The van der Waals surface area contributed by atoms with Crippen LogP contribution in [0.5, 0.6) is 0 Å². The molecule has 1 unspecified atom stereocenters. The van der Waals surface area contributed by atoms with Crippen LogP contribution in [-0.4, -0.2) is 34.3 Å². The van der Waals surface area contributed by atoms with E-state index in [1.807, 2.05) is 0 Å². The third-order valence-electron chi connectivity index (χ3n) is 5.35. The lowest BCUT2D eigenvalue weighted by atomic mass is 10.1. The molecule has 1 saturated heterocycles. The Morgan fingerprint density at radius 1 is 0.792 bits per heavy atom. The van der Waals surface area contributed by atoms with Crippen LogP contribution in [0.25, 0.3) is 0 Å². The zero-order chi connectivity index (χ0) is 17.3. The molecule has 0 aromatic heterocycles. The number of ether oxygens (including phenoxy) is 1. The maximum absolute atomic E-state index is 6.44. The molecule has 0 radical (unpaired) electrons. The summed E-state index contributed by atoms with van der Waals surface area (Å²) in [6.07, 6.45) is 18.2. The number of hydrogen-bond acceptors (Lipinski definition) is 2. The number of unbranched alkanes of at least 4 members (excludes halogenated alkanes) is 10. The molecule has 0 spiro atoms. The number of hydrogen-bond donors (Lipinski definition) is 0. The summed E-state index contributed by atoms with van der Waals surface area (Å²) < 4.78 is 11.9. The van der Waals surface area contributed by atoms with E-state index in [1.54, 1.807) is 0 Å². The molecule has 0 aromatic rings. The van der Waals surface area contributed by atoms with E-state index in [0.29, 0.717) is 5.92 Å². The van der Waals surface area contributed by atoms with Crippen LogP contribution in [0.2, 0.25) is 10.6 Å². The molecule has 1 heterocycles. The van der Waals surface area contributed by atoms with Crippen LogP contribution in [0.1, 0.15) is 97.3 Å². The van der Waals surface area contributed by atoms with Gasteiger partial charge in [0, 0.05) is 19.1 Å². The Bertz CT molecular complexity index is 238. The number of rotatable bonds is 17. The molecule has 0 bridgehead atoms.